The molecule has 0 saturated heterocycles. The number of carbonyl (C=O) groups is 2. The molecule has 2 aromatic heterocycles. The first-order chi connectivity index (χ1) is 19.4. The van der Waals surface area contributed by atoms with E-state index in [0.29, 0.717) is 6.67 Å². The van der Waals surface area contributed by atoms with Gasteiger partial charge in [-0.3, -0.25) is 10.0 Å². The lowest BCUT2D eigenvalue weighted by atomic mass is 9.77. The van der Waals surface area contributed by atoms with Gasteiger partial charge in [0, 0.05) is 11.5 Å². The summed E-state index contributed by atoms with van der Waals surface area (Å²) in [5.41, 5.74) is 0.983. The molecule has 0 fully saturated rings. The second-order valence-corrected chi connectivity index (χ2v) is 8.62. The average molecular weight is 579 g/mol. The zero-order valence-electron chi connectivity index (χ0n) is 21.1. The van der Waals surface area contributed by atoms with Crippen molar-refractivity contribution in [2.45, 2.75) is 30.7 Å². The number of aliphatic carboxylic acids is 2. The standard InChI is InChI=1S/C20H18F3N7O.C4H6O6/c1-12(18-16(22)5-24-8-27-18)20(31,7-30-11-26-10-29-30)15-3-2-13(21)4-14(15)19-17(23)6-25-9-28-19;5-1(3(7)8)2(6)4(9)10/h2-6,8-9,11-12,29,31H,7,10H2,1H3;1-2,5-6H,(H,7,8)(H,9,10)/t12-,20+;/m0./s1. The summed E-state index contributed by atoms with van der Waals surface area (Å²) >= 11 is 0. The summed E-state index contributed by atoms with van der Waals surface area (Å²) in [6, 6.07) is 3.53. The highest BCUT2D eigenvalue weighted by molar-refractivity contribution is 5.83. The number of aliphatic imine (C=N–C) groups is 1. The Labute approximate surface area is 229 Å². The van der Waals surface area contributed by atoms with Crippen LogP contribution in [0.15, 0.2) is 48.2 Å². The maximum atomic E-state index is 14.5. The molecule has 3 heterocycles. The van der Waals surface area contributed by atoms with Gasteiger partial charge < -0.3 is 25.5 Å². The van der Waals surface area contributed by atoms with Gasteiger partial charge in [-0.1, -0.05) is 13.0 Å². The number of benzene rings is 1. The summed E-state index contributed by atoms with van der Waals surface area (Å²) < 4.78 is 43.2. The fourth-order valence-corrected chi connectivity index (χ4v) is 3.86. The SMILES string of the molecule is C[C@@H](c1ncncc1F)[C@](O)(CN1C=NCN1)c1ccc(F)cc1-c1ncncc1F.O=C(O)C(O)C(O)C(=O)O. The van der Waals surface area contributed by atoms with Gasteiger partial charge in [0.25, 0.3) is 0 Å². The number of halogens is 3. The molecule has 0 spiro atoms. The Hall–Kier alpha value is -4.58. The minimum absolute atomic E-state index is 0.0138. The smallest absolute Gasteiger partial charge is 0.335 e. The first kappa shape index (κ1) is 31.0. The fraction of sp³-hybridized carbons (Fsp3) is 0.292. The molecule has 1 aromatic carbocycles. The zero-order chi connectivity index (χ0) is 30.3. The maximum Gasteiger partial charge on any atom is 0.335 e. The third-order valence-electron chi connectivity index (χ3n) is 6.00. The van der Waals surface area contributed by atoms with Crippen LogP contribution in [0.2, 0.25) is 0 Å². The lowest BCUT2D eigenvalue weighted by Gasteiger charge is -2.38. The number of hydrogen-bond donors (Lipinski definition) is 6. The molecular formula is C24H24F3N7O7. The highest BCUT2D eigenvalue weighted by Crippen LogP contribution is 2.42. The molecule has 4 rings (SSSR count). The van der Waals surface area contributed by atoms with Crippen molar-refractivity contribution in [2.75, 3.05) is 13.2 Å². The van der Waals surface area contributed by atoms with Crippen LogP contribution in [0.25, 0.3) is 11.3 Å². The van der Waals surface area contributed by atoms with E-state index >= 15 is 0 Å². The van der Waals surface area contributed by atoms with E-state index in [-0.39, 0.29) is 29.1 Å². The lowest BCUT2D eigenvalue weighted by Crippen LogP contribution is -2.47. The van der Waals surface area contributed by atoms with E-state index < -0.39 is 53.1 Å². The van der Waals surface area contributed by atoms with Crippen LogP contribution in [0.4, 0.5) is 13.2 Å². The fourth-order valence-electron chi connectivity index (χ4n) is 3.86. The van der Waals surface area contributed by atoms with E-state index in [1.807, 2.05) is 0 Å². The van der Waals surface area contributed by atoms with Gasteiger partial charge in [0.15, 0.2) is 23.8 Å². The number of hydrogen-bond acceptors (Lipinski definition) is 12. The molecule has 6 N–H and O–H groups in total. The number of β-amino-alcohol motifs (C(OH)–C–C–N with tert-alkyl or cyclic N) is 1. The summed E-state index contributed by atoms with van der Waals surface area (Å²) in [6.07, 6.45) is 1.16. The number of aromatic nitrogens is 4. The topological polar surface area (TPSA) is 214 Å². The minimum Gasteiger partial charge on any atom is -0.479 e. The van der Waals surface area contributed by atoms with Crippen molar-refractivity contribution in [3.05, 3.63) is 72.0 Å². The highest BCUT2D eigenvalue weighted by Gasteiger charge is 2.43. The predicted molar refractivity (Wildman–Crippen MR) is 132 cm³/mol. The molecule has 1 aliphatic heterocycles. The highest BCUT2D eigenvalue weighted by atomic mass is 19.1. The number of aliphatic hydroxyl groups is 3. The van der Waals surface area contributed by atoms with Crippen LogP contribution in [-0.2, 0) is 15.2 Å². The van der Waals surface area contributed by atoms with Crippen LogP contribution < -0.4 is 5.43 Å². The van der Waals surface area contributed by atoms with E-state index in [0.717, 1.165) is 30.9 Å². The van der Waals surface area contributed by atoms with Crippen LogP contribution >= 0.6 is 0 Å². The number of nitrogens with one attached hydrogen (secondary N) is 1. The Bertz CT molecular complexity index is 1420. The van der Waals surface area contributed by atoms with E-state index in [4.69, 9.17) is 20.4 Å². The minimum atomic E-state index is -2.27. The van der Waals surface area contributed by atoms with Crippen molar-refractivity contribution in [1.29, 1.82) is 0 Å². The quantitative estimate of drug-likeness (QED) is 0.198. The van der Waals surface area contributed by atoms with Crippen LogP contribution in [0, 0.1) is 17.5 Å². The predicted octanol–water partition coefficient (Wildman–Crippen LogP) is 0.0256. The molecule has 4 atom stereocenters. The number of rotatable bonds is 9. The van der Waals surface area contributed by atoms with Crippen LogP contribution in [-0.4, -0.2) is 94.2 Å². The molecule has 0 bridgehead atoms. The monoisotopic (exact) mass is 579 g/mol. The first-order valence-electron chi connectivity index (χ1n) is 11.6. The molecule has 218 valence electrons. The summed E-state index contributed by atoms with van der Waals surface area (Å²) in [5, 5.41) is 46.0. The van der Waals surface area contributed by atoms with Crippen molar-refractivity contribution < 1.29 is 48.3 Å². The molecule has 17 heteroatoms. The van der Waals surface area contributed by atoms with Crippen LogP contribution in [0.1, 0.15) is 24.1 Å². The average Bonchev–Trinajstić information content (AvgIpc) is 3.45. The second kappa shape index (κ2) is 13.2. The molecule has 0 radical (unpaired) electrons. The number of carboxylic acid groups (broad SMARTS) is 2. The van der Waals surface area contributed by atoms with Gasteiger partial charge in [-0.25, -0.2) is 48.1 Å². The summed E-state index contributed by atoms with van der Waals surface area (Å²) in [5.74, 6) is -6.64. The van der Waals surface area contributed by atoms with Gasteiger partial charge in [-0.15, -0.1) is 0 Å². The summed E-state index contributed by atoms with van der Waals surface area (Å²) in [7, 11) is 0. The number of hydrazine groups is 1. The molecule has 1 aliphatic rings. The molecular weight excluding hydrogens is 555 g/mol. The molecule has 0 amide bonds. The summed E-state index contributed by atoms with van der Waals surface area (Å²) in [4.78, 5) is 38.8. The van der Waals surface area contributed by atoms with Gasteiger partial charge in [0.2, 0.25) is 0 Å². The van der Waals surface area contributed by atoms with Crippen molar-refractivity contribution in [2.24, 2.45) is 4.99 Å². The first-order valence-corrected chi connectivity index (χ1v) is 11.6. The number of aliphatic hydroxyl groups excluding tert-OH is 2. The van der Waals surface area contributed by atoms with E-state index in [1.165, 1.54) is 23.7 Å². The van der Waals surface area contributed by atoms with Gasteiger partial charge in [-0.05, 0) is 17.7 Å². The van der Waals surface area contributed by atoms with Crippen LogP contribution in [0.5, 0.6) is 0 Å². The summed E-state index contributed by atoms with van der Waals surface area (Å²) in [6.45, 7) is 1.75. The Morgan fingerprint density at radius 2 is 1.63 bits per heavy atom. The Balaban J connectivity index is 0.000000397. The van der Waals surface area contributed by atoms with Gasteiger partial charge in [0.05, 0.1) is 24.6 Å². The molecule has 41 heavy (non-hydrogen) atoms. The Morgan fingerprint density at radius 1 is 1.02 bits per heavy atom. The molecule has 2 unspecified atom stereocenters. The maximum absolute atomic E-state index is 14.5. The Kier molecular flexibility index (Phi) is 9.95. The largest absolute Gasteiger partial charge is 0.479 e. The second-order valence-electron chi connectivity index (χ2n) is 8.62. The lowest BCUT2D eigenvalue weighted by molar-refractivity contribution is -0.165. The van der Waals surface area contributed by atoms with Crippen molar-refractivity contribution in [3.8, 4) is 11.3 Å². The van der Waals surface area contributed by atoms with Gasteiger partial charge in [-0.2, -0.15) is 0 Å². The number of nitrogens with zero attached hydrogens (tertiary/aromatic N) is 6. The van der Waals surface area contributed by atoms with Crippen molar-refractivity contribution in [3.63, 3.8) is 0 Å². The van der Waals surface area contributed by atoms with Crippen molar-refractivity contribution in [1.82, 2.24) is 30.4 Å². The third kappa shape index (κ3) is 7.14. The molecule has 14 nitrogen and oxygen atoms in total. The van der Waals surface area contributed by atoms with E-state index in [2.05, 4.69) is 30.4 Å². The Morgan fingerprint density at radius 3 is 2.17 bits per heavy atom. The molecule has 3 aromatic rings. The zero-order valence-corrected chi connectivity index (χ0v) is 21.1. The molecule has 0 aliphatic carbocycles. The van der Waals surface area contributed by atoms with Gasteiger partial charge in [0.1, 0.15) is 42.8 Å². The van der Waals surface area contributed by atoms with Crippen molar-refractivity contribution >= 4 is 18.3 Å². The van der Waals surface area contributed by atoms with E-state index in [9.17, 15) is 27.9 Å². The van der Waals surface area contributed by atoms with Crippen LogP contribution in [0.3, 0.4) is 0 Å². The molecule has 0 saturated carbocycles. The number of carboxylic acids is 2. The third-order valence-corrected chi connectivity index (χ3v) is 6.00. The van der Waals surface area contributed by atoms with E-state index in [1.54, 1.807) is 6.92 Å². The van der Waals surface area contributed by atoms with Gasteiger partial charge >= 0.3 is 11.9 Å². The normalized spacial score (nSPS) is 16.2.